The van der Waals surface area contributed by atoms with Crippen molar-refractivity contribution in [3.8, 4) is 11.4 Å². The van der Waals surface area contributed by atoms with E-state index >= 15 is 0 Å². The molecule has 3 aromatic rings. The molecular formula is C23H22FN3O. The lowest BCUT2D eigenvalue weighted by Crippen LogP contribution is -2.39. The van der Waals surface area contributed by atoms with E-state index in [1.807, 2.05) is 41.3 Å². The molecule has 0 saturated carbocycles. The van der Waals surface area contributed by atoms with Crippen LogP contribution < -0.4 is 0 Å². The number of halogens is 1. The maximum absolute atomic E-state index is 13.3. The molecule has 28 heavy (non-hydrogen) atoms. The van der Waals surface area contributed by atoms with Crippen molar-refractivity contribution < 1.29 is 9.18 Å². The third kappa shape index (κ3) is 4.25. The van der Waals surface area contributed by atoms with Gasteiger partial charge < -0.3 is 4.90 Å². The second-order valence-corrected chi connectivity index (χ2v) is 7.23. The SMILES string of the molecule is O=C(c1cnc(-c2ccccc2)nc1)N1CCC(Cc2cccc(F)c2)CC1. The molecule has 4 nitrogen and oxygen atoms in total. The Kier molecular flexibility index (Phi) is 5.42. The molecular weight excluding hydrogens is 353 g/mol. The molecule has 2 heterocycles. The summed E-state index contributed by atoms with van der Waals surface area (Å²) >= 11 is 0. The predicted molar refractivity (Wildman–Crippen MR) is 106 cm³/mol. The van der Waals surface area contributed by atoms with Crippen molar-refractivity contribution in [3.63, 3.8) is 0 Å². The molecule has 1 saturated heterocycles. The van der Waals surface area contributed by atoms with Crippen LogP contribution in [0.4, 0.5) is 4.39 Å². The van der Waals surface area contributed by atoms with Crippen molar-refractivity contribution in [2.24, 2.45) is 5.92 Å². The minimum absolute atomic E-state index is 0.0242. The zero-order chi connectivity index (χ0) is 19.3. The summed E-state index contributed by atoms with van der Waals surface area (Å²) in [4.78, 5) is 23.3. The first-order valence-electron chi connectivity index (χ1n) is 9.60. The van der Waals surface area contributed by atoms with E-state index in [1.165, 1.54) is 6.07 Å². The number of likely N-dealkylation sites (tertiary alicyclic amines) is 1. The maximum Gasteiger partial charge on any atom is 0.256 e. The molecule has 1 aromatic heterocycles. The quantitative estimate of drug-likeness (QED) is 0.680. The van der Waals surface area contributed by atoms with Gasteiger partial charge in [0.05, 0.1) is 5.56 Å². The highest BCUT2D eigenvalue weighted by Crippen LogP contribution is 2.23. The summed E-state index contributed by atoms with van der Waals surface area (Å²) in [6, 6.07) is 16.5. The Hall–Kier alpha value is -3.08. The number of carbonyl (C=O) groups excluding carboxylic acids is 1. The van der Waals surface area contributed by atoms with Gasteiger partial charge in [-0.05, 0) is 42.9 Å². The summed E-state index contributed by atoms with van der Waals surface area (Å²) in [6.45, 7) is 1.42. The van der Waals surface area contributed by atoms with E-state index in [0.29, 0.717) is 30.4 Å². The first kappa shape index (κ1) is 18.3. The number of hydrogen-bond donors (Lipinski definition) is 0. The fourth-order valence-corrected chi connectivity index (χ4v) is 3.69. The second-order valence-electron chi connectivity index (χ2n) is 7.23. The summed E-state index contributed by atoms with van der Waals surface area (Å²) in [7, 11) is 0. The molecule has 0 N–H and O–H groups in total. The molecule has 0 bridgehead atoms. The van der Waals surface area contributed by atoms with Crippen LogP contribution in [-0.4, -0.2) is 33.9 Å². The van der Waals surface area contributed by atoms with Crippen LogP contribution in [0.15, 0.2) is 67.0 Å². The molecule has 1 aliphatic rings. The fraction of sp³-hybridized carbons (Fsp3) is 0.261. The van der Waals surface area contributed by atoms with Crippen molar-refractivity contribution in [3.05, 3.63) is 83.9 Å². The van der Waals surface area contributed by atoms with Crippen LogP contribution in [0.5, 0.6) is 0 Å². The lowest BCUT2D eigenvalue weighted by molar-refractivity contribution is 0.0689. The molecule has 0 radical (unpaired) electrons. The molecule has 1 amide bonds. The number of hydrogen-bond acceptors (Lipinski definition) is 3. The van der Waals surface area contributed by atoms with E-state index in [1.54, 1.807) is 24.5 Å². The Labute approximate surface area is 164 Å². The summed E-state index contributed by atoms with van der Waals surface area (Å²) in [5, 5.41) is 0. The molecule has 0 aliphatic carbocycles. The van der Waals surface area contributed by atoms with E-state index in [-0.39, 0.29) is 11.7 Å². The first-order valence-corrected chi connectivity index (χ1v) is 9.60. The van der Waals surface area contributed by atoms with Gasteiger partial charge in [-0.15, -0.1) is 0 Å². The van der Waals surface area contributed by atoms with Crippen LogP contribution in [0.2, 0.25) is 0 Å². The van der Waals surface area contributed by atoms with E-state index in [2.05, 4.69) is 9.97 Å². The van der Waals surface area contributed by atoms with Gasteiger partial charge in [0.15, 0.2) is 5.82 Å². The van der Waals surface area contributed by atoms with Crippen molar-refractivity contribution in [2.75, 3.05) is 13.1 Å². The molecule has 1 aliphatic heterocycles. The van der Waals surface area contributed by atoms with E-state index in [9.17, 15) is 9.18 Å². The zero-order valence-corrected chi connectivity index (χ0v) is 15.6. The van der Waals surface area contributed by atoms with Crippen molar-refractivity contribution in [1.29, 1.82) is 0 Å². The number of carbonyl (C=O) groups is 1. The minimum atomic E-state index is -0.191. The van der Waals surface area contributed by atoms with Gasteiger partial charge in [-0.3, -0.25) is 4.79 Å². The van der Waals surface area contributed by atoms with Crippen molar-refractivity contribution in [1.82, 2.24) is 14.9 Å². The summed E-state index contributed by atoms with van der Waals surface area (Å²) < 4.78 is 13.3. The lowest BCUT2D eigenvalue weighted by Gasteiger charge is -2.32. The summed E-state index contributed by atoms with van der Waals surface area (Å²) in [5.41, 5.74) is 2.47. The van der Waals surface area contributed by atoms with Gasteiger partial charge in [-0.2, -0.15) is 0 Å². The van der Waals surface area contributed by atoms with Gasteiger partial charge in [-0.1, -0.05) is 42.5 Å². The van der Waals surface area contributed by atoms with Crippen LogP contribution in [-0.2, 0) is 6.42 Å². The normalized spacial score (nSPS) is 14.8. The number of rotatable bonds is 4. The Balaban J connectivity index is 1.35. The molecule has 0 spiro atoms. The number of benzene rings is 2. The molecule has 5 heteroatoms. The highest BCUT2D eigenvalue weighted by Gasteiger charge is 2.24. The Morgan fingerprint density at radius 1 is 1.00 bits per heavy atom. The van der Waals surface area contributed by atoms with Crippen LogP contribution in [0.1, 0.15) is 28.8 Å². The number of amides is 1. The average Bonchev–Trinajstić information content (AvgIpc) is 2.75. The highest BCUT2D eigenvalue weighted by molar-refractivity contribution is 5.93. The smallest absolute Gasteiger partial charge is 0.256 e. The third-order valence-electron chi connectivity index (χ3n) is 5.25. The molecule has 142 valence electrons. The standard InChI is InChI=1S/C23H22FN3O/c24-21-8-4-5-18(14-21)13-17-9-11-27(12-10-17)23(28)20-15-25-22(26-16-20)19-6-2-1-3-7-19/h1-8,14-17H,9-13H2. The van der Waals surface area contributed by atoms with Gasteiger partial charge >= 0.3 is 0 Å². The van der Waals surface area contributed by atoms with Gasteiger partial charge in [0.1, 0.15) is 5.82 Å². The molecule has 1 fully saturated rings. The minimum Gasteiger partial charge on any atom is -0.339 e. The fourth-order valence-electron chi connectivity index (χ4n) is 3.69. The van der Waals surface area contributed by atoms with Gasteiger partial charge in [-0.25, -0.2) is 14.4 Å². The topological polar surface area (TPSA) is 46.1 Å². The molecule has 2 aromatic carbocycles. The van der Waals surface area contributed by atoms with Crippen LogP contribution in [0, 0.1) is 11.7 Å². The van der Waals surface area contributed by atoms with Crippen LogP contribution in [0.3, 0.4) is 0 Å². The maximum atomic E-state index is 13.3. The number of piperidine rings is 1. The monoisotopic (exact) mass is 375 g/mol. The third-order valence-corrected chi connectivity index (χ3v) is 5.25. The number of nitrogens with zero attached hydrogens (tertiary/aromatic N) is 3. The highest BCUT2D eigenvalue weighted by atomic mass is 19.1. The Bertz CT molecular complexity index is 936. The van der Waals surface area contributed by atoms with Crippen LogP contribution in [0.25, 0.3) is 11.4 Å². The Morgan fingerprint density at radius 2 is 1.71 bits per heavy atom. The summed E-state index contributed by atoms with van der Waals surface area (Å²) in [5.74, 6) is 0.876. The van der Waals surface area contributed by atoms with Crippen molar-refractivity contribution >= 4 is 5.91 Å². The summed E-state index contributed by atoms with van der Waals surface area (Å²) in [6.07, 6.45) is 5.91. The Morgan fingerprint density at radius 3 is 2.39 bits per heavy atom. The van der Waals surface area contributed by atoms with Crippen molar-refractivity contribution in [2.45, 2.75) is 19.3 Å². The first-order chi connectivity index (χ1) is 13.7. The average molecular weight is 375 g/mol. The predicted octanol–water partition coefficient (Wildman–Crippen LogP) is 4.38. The molecule has 0 unspecified atom stereocenters. The zero-order valence-electron chi connectivity index (χ0n) is 15.6. The van der Waals surface area contributed by atoms with Gasteiger partial charge in [0.2, 0.25) is 0 Å². The van der Waals surface area contributed by atoms with Crippen LogP contribution >= 0.6 is 0 Å². The largest absolute Gasteiger partial charge is 0.339 e. The van der Waals surface area contributed by atoms with E-state index < -0.39 is 0 Å². The second kappa shape index (κ2) is 8.30. The number of aromatic nitrogens is 2. The van der Waals surface area contributed by atoms with Gasteiger partial charge in [0.25, 0.3) is 5.91 Å². The molecule has 4 rings (SSSR count). The van der Waals surface area contributed by atoms with E-state index in [4.69, 9.17) is 0 Å². The lowest BCUT2D eigenvalue weighted by atomic mass is 9.90. The van der Waals surface area contributed by atoms with Gasteiger partial charge in [0, 0.05) is 31.0 Å². The van der Waals surface area contributed by atoms with E-state index in [0.717, 1.165) is 30.4 Å². The molecule has 0 atom stereocenters.